The number of carbonyl (C=O) groups excluding carboxylic acids is 1. The number of esters is 1. The van der Waals surface area contributed by atoms with Crippen molar-refractivity contribution in [3.8, 4) is 17.6 Å². The summed E-state index contributed by atoms with van der Waals surface area (Å²) < 4.78 is 10.2. The minimum Gasteiger partial charge on any atom is -0.508 e. The van der Waals surface area contributed by atoms with Gasteiger partial charge < -0.3 is 14.6 Å². The van der Waals surface area contributed by atoms with Crippen molar-refractivity contribution < 1.29 is 19.4 Å². The minimum atomic E-state index is -0.548. The van der Waals surface area contributed by atoms with Crippen LogP contribution in [-0.4, -0.2) is 24.3 Å². The van der Waals surface area contributed by atoms with Crippen molar-refractivity contribution in [1.82, 2.24) is 0 Å². The molecule has 2 aromatic carbocycles. The van der Waals surface area contributed by atoms with Crippen LogP contribution in [-0.2, 0) is 16.0 Å². The zero-order chi connectivity index (χ0) is 20.8. The van der Waals surface area contributed by atoms with Crippen molar-refractivity contribution in [1.29, 1.82) is 5.26 Å². The fourth-order valence-electron chi connectivity index (χ4n) is 2.74. The van der Waals surface area contributed by atoms with Gasteiger partial charge in [-0.1, -0.05) is 49.2 Å². The van der Waals surface area contributed by atoms with Gasteiger partial charge in [0.1, 0.15) is 23.1 Å². The van der Waals surface area contributed by atoms with Gasteiger partial charge in [-0.25, -0.2) is 4.79 Å². The van der Waals surface area contributed by atoms with Crippen molar-refractivity contribution in [3.05, 3.63) is 56.6 Å². The van der Waals surface area contributed by atoms with Gasteiger partial charge in [-0.05, 0) is 35.6 Å². The second kappa shape index (κ2) is 9.68. The zero-order valence-corrected chi connectivity index (χ0v) is 17.4. The van der Waals surface area contributed by atoms with E-state index in [4.69, 9.17) is 32.7 Å². The van der Waals surface area contributed by atoms with Crippen LogP contribution in [0, 0.1) is 11.3 Å². The van der Waals surface area contributed by atoms with Gasteiger partial charge in [-0.15, -0.1) is 0 Å². The maximum absolute atomic E-state index is 11.5. The monoisotopic (exact) mass is 421 g/mol. The highest BCUT2D eigenvalue weighted by Gasteiger charge is 2.19. The lowest BCUT2D eigenvalue weighted by Crippen LogP contribution is -2.15. The number of ether oxygens (including phenoxy) is 2. The average molecular weight is 422 g/mol. The second-order valence-electron chi connectivity index (χ2n) is 6.45. The number of halogens is 2. The van der Waals surface area contributed by atoms with Crippen LogP contribution in [0.5, 0.6) is 11.5 Å². The number of rotatable bonds is 7. The number of carbonyl (C=O) groups is 1. The molecule has 0 saturated carbocycles. The van der Waals surface area contributed by atoms with Crippen LogP contribution in [0.15, 0.2) is 24.3 Å². The van der Waals surface area contributed by atoms with E-state index in [1.54, 1.807) is 19.1 Å². The fraction of sp³-hybridized carbons (Fsp3) is 0.333. The molecule has 0 bridgehead atoms. The Balaban J connectivity index is 2.35. The van der Waals surface area contributed by atoms with Gasteiger partial charge in [0.05, 0.1) is 11.6 Å². The van der Waals surface area contributed by atoms with Gasteiger partial charge in [0.2, 0.25) is 0 Å². The van der Waals surface area contributed by atoms with E-state index in [0.29, 0.717) is 17.0 Å². The molecule has 0 saturated heterocycles. The molecule has 0 radical (unpaired) electrons. The fourth-order valence-corrected chi connectivity index (χ4v) is 3.35. The summed E-state index contributed by atoms with van der Waals surface area (Å²) in [5, 5.41) is 20.0. The Labute approximate surface area is 174 Å². The summed E-state index contributed by atoms with van der Waals surface area (Å²) >= 11 is 12.8. The first-order valence-electron chi connectivity index (χ1n) is 8.79. The lowest BCUT2D eigenvalue weighted by atomic mass is 9.96. The van der Waals surface area contributed by atoms with Crippen molar-refractivity contribution in [2.45, 2.75) is 33.1 Å². The van der Waals surface area contributed by atoms with E-state index in [0.717, 1.165) is 11.1 Å². The smallest absolute Gasteiger partial charge is 0.344 e. The van der Waals surface area contributed by atoms with Crippen molar-refractivity contribution >= 4 is 29.2 Å². The van der Waals surface area contributed by atoms with Crippen LogP contribution in [0.1, 0.15) is 48.9 Å². The third-order valence-electron chi connectivity index (χ3n) is 4.13. The SMILES string of the molecule is CCOC(=O)COc1cc(Cl)c(Cc2ccc(O)c(C(C)C)c2)c(Cl)c1C#N. The minimum absolute atomic E-state index is 0.105. The predicted molar refractivity (Wildman–Crippen MR) is 108 cm³/mol. The van der Waals surface area contributed by atoms with Gasteiger partial charge in [0, 0.05) is 17.5 Å². The van der Waals surface area contributed by atoms with Gasteiger partial charge in [0.25, 0.3) is 0 Å². The molecule has 2 rings (SSSR count). The molecule has 7 heteroatoms. The highest BCUT2D eigenvalue weighted by Crippen LogP contribution is 2.37. The molecular formula is C21H21Cl2NO4. The number of phenolic OH excluding ortho intramolecular Hbond substituents is 1. The van der Waals surface area contributed by atoms with Gasteiger partial charge >= 0.3 is 5.97 Å². The number of aromatic hydroxyl groups is 1. The number of hydrogen-bond donors (Lipinski definition) is 1. The molecule has 0 aliphatic rings. The maximum atomic E-state index is 11.5. The molecule has 0 amide bonds. The standard InChI is InChI=1S/C21H21Cl2NO4/c1-4-27-20(26)11-28-19-9-17(22)15(21(23)16(19)10-24)8-13-5-6-18(25)14(7-13)12(2)3/h5-7,9,12,25H,4,8,11H2,1-3H3. The molecule has 28 heavy (non-hydrogen) atoms. The van der Waals surface area contributed by atoms with E-state index in [1.165, 1.54) is 6.07 Å². The third kappa shape index (κ3) is 5.09. The van der Waals surface area contributed by atoms with Gasteiger partial charge in [-0.2, -0.15) is 5.26 Å². The van der Waals surface area contributed by atoms with E-state index in [-0.39, 0.29) is 41.2 Å². The molecule has 0 spiro atoms. The van der Waals surface area contributed by atoms with Crippen LogP contribution in [0.4, 0.5) is 0 Å². The normalized spacial score (nSPS) is 10.6. The van der Waals surface area contributed by atoms with Gasteiger partial charge in [0.15, 0.2) is 6.61 Å². The molecule has 0 heterocycles. The second-order valence-corrected chi connectivity index (χ2v) is 7.24. The largest absolute Gasteiger partial charge is 0.508 e. The number of nitriles is 1. The third-order valence-corrected chi connectivity index (χ3v) is 4.89. The van der Waals surface area contributed by atoms with E-state index in [2.05, 4.69) is 0 Å². The quantitative estimate of drug-likeness (QED) is 0.619. The molecule has 2 aromatic rings. The van der Waals surface area contributed by atoms with E-state index >= 15 is 0 Å². The lowest BCUT2D eigenvalue weighted by Gasteiger charge is -2.15. The summed E-state index contributed by atoms with van der Waals surface area (Å²) in [6.07, 6.45) is 0.379. The number of phenols is 1. The summed E-state index contributed by atoms with van der Waals surface area (Å²) in [6, 6.07) is 8.79. The molecule has 0 aromatic heterocycles. The molecular weight excluding hydrogens is 401 g/mol. The highest BCUT2D eigenvalue weighted by atomic mass is 35.5. The van der Waals surface area contributed by atoms with Crippen LogP contribution >= 0.6 is 23.2 Å². The molecule has 5 nitrogen and oxygen atoms in total. The molecule has 0 fully saturated rings. The Morgan fingerprint density at radius 3 is 2.61 bits per heavy atom. The molecule has 0 atom stereocenters. The number of nitrogens with zero attached hydrogens (tertiary/aromatic N) is 1. The number of hydrogen-bond acceptors (Lipinski definition) is 5. The first-order chi connectivity index (χ1) is 13.3. The van der Waals surface area contributed by atoms with Crippen LogP contribution in [0.2, 0.25) is 10.0 Å². The molecule has 0 aliphatic heterocycles. The van der Waals surface area contributed by atoms with Crippen molar-refractivity contribution in [2.24, 2.45) is 0 Å². The molecule has 1 N–H and O–H groups in total. The van der Waals surface area contributed by atoms with E-state index in [9.17, 15) is 15.2 Å². The summed E-state index contributed by atoms with van der Waals surface area (Å²) in [5.74, 6) is -0.0357. The molecule has 0 unspecified atom stereocenters. The Bertz CT molecular complexity index is 920. The zero-order valence-electron chi connectivity index (χ0n) is 15.9. The van der Waals surface area contributed by atoms with Crippen LogP contribution in [0.3, 0.4) is 0 Å². The van der Waals surface area contributed by atoms with Gasteiger partial charge in [-0.3, -0.25) is 0 Å². The maximum Gasteiger partial charge on any atom is 0.344 e. The summed E-state index contributed by atoms with van der Waals surface area (Å²) in [4.78, 5) is 11.5. The topological polar surface area (TPSA) is 79.6 Å². The first kappa shape index (κ1) is 21.9. The predicted octanol–water partition coefficient (Wildman–Crippen LogP) is 5.23. The van der Waals surface area contributed by atoms with Crippen LogP contribution in [0.25, 0.3) is 0 Å². The highest BCUT2D eigenvalue weighted by molar-refractivity contribution is 6.37. The molecule has 0 aliphatic carbocycles. The first-order valence-corrected chi connectivity index (χ1v) is 9.55. The number of benzene rings is 2. The van der Waals surface area contributed by atoms with Crippen molar-refractivity contribution in [3.63, 3.8) is 0 Å². The Morgan fingerprint density at radius 2 is 2.00 bits per heavy atom. The van der Waals surface area contributed by atoms with E-state index < -0.39 is 5.97 Å². The molecule has 148 valence electrons. The Hall–Kier alpha value is -2.42. The summed E-state index contributed by atoms with van der Waals surface area (Å²) in [5.41, 5.74) is 2.39. The summed E-state index contributed by atoms with van der Waals surface area (Å²) in [6.45, 7) is 5.56. The summed E-state index contributed by atoms with van der Waals surface area (Å²) in [7, 11) is 0. The van der Waals surface area contributed by atoms with E-state index in [1.807, 2.05) is 26.0 Å². The van der Waals surface area contributed by atoms with Crippen molar-refractivity contribution in [2.75, 3.05) is 13.2 Å². The lowest BCUT2D eigenvalue weighted by molar-refractivity contribution is -0.145. The Morgan fingerprint density at radius 1 is 1.29 bits per heavy atom. The average Bonchev–Trinajstić information content (AvgIpc) is 2.64. The van der Waals surface area contributed by atoms with Crippen LogP contribution < -0.4 is 4.74 Å². The Kier molecular flexibility index (Phi) is 7.56.